The molecule has 2 atom stereocenters. The van der Waals surface area contributed by atoms with Crippen LogP contribution in [0, 0.1) is 0 Å². The molecule has 1 N–H and O–H groups in total. The fourth-order valence-corrected chi connectivity index (χ4v) is 2.29. The fourth-order valence-electron chi connectivity index (χ4n) is 2.29. The Hall–Kier alpha value is -2.28. The number of rotatable bonds is 4. The van der Waals surface area contributed by atoms with Crippen molar-refractivity contribution in [2.45, 2.75) is 32.0 Å². The van der Waals surface area contributed by atoms with E-state index in [4.69, 9.17) is 18.9 Å². The average Bonchev–Trinajstić information content (AvgIpc) is 3.18. The van der Waals surface area contributed by atoms with Gasteiger partial charge in [-0.15, -0.1) is 0 Å². The van der Waals surface area contributed by atoms with E-state index >= 15 is 0 Å². The number of hydrogen-bond donors (Lipinski definition) is 1. The smallest absolute Gasteiger partial charge is 0.336 e. The molecular weight excluding hydrogens is 290 g/mol. The van der Waals surface area contributed by atoms with E-state index in [1.54, 1.807) is 18.2 Å². The van der Waals surface area contributed by atoms with Crippen molar-refractivity contribution in [1.82, 2.24) is 0 Å². The van der Waals surface area contributed by atoms with Crippen LogP contribution in [0.15, 0.2) is 18.2 Å². The third kappa shape index (κ3) is 3.14. The summed E-state index contributed by atoms with van der Waals surface area (Å²) < 4.78 is 20.8. The summed E-state index contributed by atoms with van der Waals surface area (Å²) in [4.78, 5) is 23.9. The molecule has 2 aliphatic rings. The van der Waals surface area contributed by atoms with E-state index in [1.807, 2.05) is 0 Å². The van der Waals surface area contributed by atoms with E-state index in [0.29, 0.717) is 30.2 Å². The Morgan fingerprint density at radius 3 is 2.91 bits per heavy atom. The molecule has 7 heteroatoms. The minimum Gasteiger partial charge on any atom is -0.454 e. The topological polar surface area (TPSA) is 83.1 Å². The van der Waals surface area contributed by atoms with E-state index in [1.165, 1.54) is 6.92 Å². The van der Waals surface area contributed by atoms with Crippen molar-refractivity contribution in [3.8, 4) is 11.5 Å². The molecule has 7 nitrogen and oxygen atoms in total. The molecule has 2 aliphatic heterocycles. The monoisotopic (exact) mass is 307 g/mol. The van der Waals surface area contributed by atoms with Crippen molar-refractivity contribution in [2.75, 3.05) is 18.7 Å². The van der Waals surface area contributed by atoms with E-state index in [2.05, 4.69) is 5.32 Å². The highest BCUT2D eigenvalue weighted by Gasteiger charge is 2.28. The SMILES string of the molecule is C[C@@H](OC(=O)[C@H]1CCCO1)C(=O)Nc1ccc2c(c1)OCO2. The van der Waals surface area contributed by atoms with Gasteiger partial charge in [0.05, 0.1) is 0 Å². The van der Waals surface area contributed by atoms with Gasteiger partial charge in [-0.1, -0.05) is 0 Å². The largest absolute Gasteiger partial charge is 0.454 e. The summed E-state index contributed by atoms with van der Waals surface area (Å²) in [5.41, 5.74) is 0.550. The first-order chi connectivity index (χ1) is 10.6. The molecule has 0 saturated carbocycles. The second-order valence-electron chi connectivity index (χ2n) is 5.14. The van der Waals surface area contributed by atoms with Gasteiger partial charge in [-0.05, 0) is 31.9 Å². The van der Waals surface area contributed by atoms with Gasteiger partial charge in [0.2, 0.25) is 6.79 Å². The second kappa shape index (κ2) is 6.23. The van der Waals surface area contributed by atoms with Crippen molar-refractivity contribution in [3.05, 3.63) is 18.2 Å². The molecule has 1 fully saturated rings. The number of nitrogens with one attached hydrogen (secondary N) is 1. The molecule has 0 aromatic heterocycles. The van der Waals surface area contributed by atoms with Crippen molar-refractivity contribution >= 4 is 17.6 Å². The molecule has 0 unspecified atom stereocenters. The number of fused-ring (bicyclic) bond motifs is 1. The van der Waals surface area contributed by atoms with Gasteiger partial charge < -0.3 is 24.3 Å². The molecule has 1 saturated heterocycles. The molecular formula is C15H17NO6. The lowest BCUT2D eigenvalue weighted by Crippen LogP contribution is -2.33. The molecule has 0 bridgehead atoms. The van der Waals surface area contributed by atoms with Crippen LogP contribution < -0.4 is 14.8 Å². The average molecular weight is 307 g/mol. The van der Waals surface area contributed by atoms with Crippen LogP contribution in [0.1, 0.15) is 19.8 Å². The maximum atomic E-state index is 12.1. The summed E-state index contributed by atoms with van der Waals surface area (Å²) in [6.07, 6.45) is 0.00952. The number of carbonyl (C=O) groups excluding carboxylic acids is 2. The second-order valence-corrected chi connectivity index (χ2v) is 5.14. The molecule has 0 radical (unpaired) electrons. The summed E-state index contributed by atoms with van der Waals surface area (Å²) in [6, 6.07) is 5.07. The predicted octanol–water partition coefficient (Wildman–Crippen LogP) is 1.46. The van der Waals surface area contributed by atoms with Crippen molar-refractivity contribution in [2.24, 2.45) is 0 Å². The third-order valence-corrected chi connectivity index (χ3v) is 3.49. The van der Waals surface area contributed by atoms with E-state index < -0.39 is 24.1 Å². The Kier molecular flexibility index (Phi) is 4.15. The van der Waals surface area contributed by atoms with Gasteiger partial charge in [-0.2, -0.15) is 0 Å². The highest BCUT2D eigenvalue weighted by Crippen LogP contribution is 2.34. The number of ether oxygens (including phenoxy) is 4. The summed E-state index contributed by atoms with van der Waals surface area (Å²) in [6.45, 7) is 2.24. The maximum absolute atomic E-state index is 12.1. The first-order valence-corrected chi connectivity index (χ1v) is 7.16. The number of esters is 1. The lowest BCUT2D eigenvalue weighted by molar-refractivity contribution is -0.162. The van der Waals surface area contributed by atoms with Crippen LogP contribution in [-0.4, -0.2) is 37.5 Å². The third-order valence-electron chi connectivity index (χ3n) is 3.49. The van der Waals surface area contributed by atoms with E-state index in [0.717, 1.165) is 6.42 Å². The zero-order valence-corrected chi connectivity index (χ0v) is 12.2. The summed E-state index contributed by atoms with van der Waals surface area (Å²) in [5.74, 6) is 0.300. The Morgan fingerprint density at radius 1 is 1.32 bits per heavy atom. The number of carbonyl (C=O) groups is 2. The number of amides is 1. The number of benzene rings is 1. The predicted molar refractivity (Wildman–Crippen MR) is 75.7 cm³/mol. The first kappa shape index (κ1) is 14.6. The first-order valence-electron chi connectivity index (χ1n) is 7.16. The molecule has 1 aromatic rings. The maximum Gasteiger partial charge on any atom is 0.336 e. The van der Waals surface area contributed by atoms with Gasteiger partial charge in [0, 0.05) is 18.4 Å². The Labute approximate surface area is 127 Å². The van der Waals surface area contributed by atoms with E-state index in [9.17, 15) is 9.59 Å². The van der Waals surface area contributed by atoms with Gasteiger partial charge in [-0.3, -0.25) is 4.79 Å². The fraction of sp³-hybridized carbons (Fsp3) is 0.467. The van der Waals surface area contributed by atoms with Gasteiger partial charge >= 0.3 is 5.97 Å². The highest BCUT2D eigenvalue weighted by atomic mass is 16.7. The Bertz CT molecular complexity index is 581. The molecule has 118 valence electrons. The van der Waals surface area contributed by atoms with Crippen LogP contribution in [0.2, 0.25) is 0 Å². The Morgan fingerprint density at radius 2 is 2.14 bits per heavy atom. The summed E-state index contributed by atoms with van der Waals surface area (Å²) in [7, 11) is 0. The molecule has 1 amide bonds. The molecule has 0 aliphatic carbocycles. The van der Waals surface area contributed by atoms with Crippen molar-refractivity contribution in [1.29, 1.82) is 0 Å². The van der Waals surface area contributed by atoms with Crippen LogP contribution in [0.4, 0.5) is 5.69 Å². The number of hydrogen-bond acceptors (Lipinski definition) is 6. The molecule has 0 spiro atoms. The van der Waals surface area contributed by atoms with Crippen LogP contribution in [0.5, 0.6) is 11.5 Å². The highest BCUT2D eigenvalue weighted by molar-refractivity contribution is 5.95. The molecule has 3 rings (SSSR count). The minimum absolute atomic E-state index is 0.169. The zero-order valence-electron chi connectivity index (χ0n) is 12.2. The lowest BCUT2D eigenvalue weighted by atomic mass is 10.2. The van der Waals surface area contributed by atoms with Gasteiger partial charge in [0.1, 0.15) is 0 Å². The van der Waals surface area contributed by atoms with Crippen LogP contribution in [0.3, 0.4) is 0 Å². The summed E-state index contributed by atoms with van der Waals surface area (Å²) in [5, 5.41) is 2.67. The zero-order chi connectivity index (χ0) is 15.5. The van der Waals surface area contributed by atoms with Crippen molar-refractivity contribution < 1.29 is 28.5 Å². The van der Waals surface area contributed by atoms with E-state index in [-0.39, 0.29) is 6.79 Å². The van der Waals surface area contributed by atoms with Gasteiger partial charge in [-0.25, -0.2) is 4.79 Å². The number of anilines is 1. The minimum atomic E-state index is -0.901. The molecule has 2 heterocycles. The molecule has 22 heavy (non-hydrogen) atoms. The Balaban J connectivity index is 1.55. The van der Waals surface area contributed by atoms with Crippen molar-refractivity contribution in [3.63, 3.8) is 0 Å². The van der Waals surface area contributed by atoms with Gasteiger partial charge in [0.25, 0.3) is 5.91 Å². The van der Waals surface area contributed by atoms with Crippen LogP contribution >= 0.6 is 0 Å². The summed E-state index contributed by atoms with van der Waals surface area (Å²) >= 11 is 0. The standard InChI is InChI=1S/C15H17NO6/c1-9(22-15(18)12-3-2-6-19-12)14(17)16-10-4-5-11-13(7-10)21-8-20-11/h4-5,7,9,12H,2-3,6,8H2,1H3,(H,16,17)/t9-,12-/m1/s1. The van der Waals surface area contributed by atoms with Crippen LogP contribution in [0.25, 0.3) is 0 Å². The quantitative estimate of drug-likeness (QED) is 0.848. The van der Waals surface area contributed by atoms with Crippen LogP contribution in [-0.2, 0) is 19.1 Å². The molecule has 1 aromatic carbocycles. The van der Waals surface area contributed by atoms with Gasteiger partial charge in [0.15, 0.2) is 23.7 Å². The lowest BCUT2D eigenvalue weighted by Gasteiger charge is -2.16. The normalized spacial score (nSPS) is 20.5.